The van der Waals surface area contributed by atoms with Gasteiger partial charge in [-0.1, -0.05) is 13.3 Å². The van der Waals surface area contributed by atoms with Crippen LogP contribution in [0.3, 0.4) is 0 Å². The summed E-state index contributed by atoms with van der Waals surface area (Å²) in [6.45, 7) is 2.61. The van der Waals surface area contributed by atoms with Crippen LogP contribution < -0.4 is 0 Å². The number of rotatable bonds is 8. The van der Waals surface area contributed by atoms with E-state index >= 15 is 0 Å². The van der Waals surface area contributed by atoms with Crippen molar-refractivity contribution in [2.24, 2.45) is 0 Å². The average molecular weight is 379 g/mol. The summed E-state index contributed by atoms with van der Waals surface area (Å²) < 4.78 is 44.7. The second kappa shape index (κ2) is 7.73. The number of unbranched alkanes of at least 4 members (excludes halogenated alkanes) is 1. The van der Waals surface area contributed by atoms with Crippen LogP contribution in [0.25, 0.3) is 11.5 Å². The molecule has 8 nitrogen and oxygen atoms in total. The molecule has 0 saturated heterocycles. The molecule has 3 rings (SSSR count). The average Bonchev–Trinajstić information content (AvgIpc) is 3.22. The first-order valence-electron chi connectivity index (χ1n) is 8.12. The second-order valence-corrected chi connectivity index (χ2v) is 7.92. The lowest BCUT2D eigenvalue weighted by molar-refractivity contribution is 0.535. The van der Waals surface area contributed by atoms with E-state index in [-0.39, 0.29) is 28.9 Å². The fourth-order valence-electron chi connectivity index (χ4n) is 2.38. The minimum absolute atomic E-state index is 0.239. The van der Waals surface area contributed by atoms with Crippen LogP contribution in [0.5, 0.6) is 0 Å². The highest BCUT2D eigenvalue weighted by atomic mass is 32.2. The predicted octanol–water partition coefficient (Wildman–Crippen LogP) is 2.38. The number of oxazole rings is 1. The summed E-state index contributed by atoms with van der Waals surface area (Å²) >= 11 is 0. The summed E-state index contributed by atoms with van der Waals surface area (Å²) in [6.07, 6.45) is 3.11. The molecular weight excluding hydrogens is 361 g/mol. The molecule has 2 heterocycles. The summed E-state index contributed by atoms with van der Waals surface area (Å²) in [7, 11) is -3.53. The molecule has 1 aromatic carbocycles. The zero-order valence-corrected chi connectivity index (χ0v) is 15.0. The number of hydrogen-bond acceptors (Lipinski definition) is 7. The SMILES string of the molecule is CCCCn1nnnc1CS(=O)(=O)Cc1coc(-c2ccc(F)cc2)n1. The molecule has 0 fully saturated rings. The van der Waals surface area contributed by atoms with E-state index < -0.39 is 9.84 Å². The Hall–Kier alpha value is -2.62. The highest BCUT2D eigenvalue weighted by molar-refractivity contribution is 7.89. The number of hydrogen-bond donors (Lipinski definition) is 0. The van der Waals surface area contributed by atoms with Gasteiger partial charge in [-0.25, -0.2) is 22.5 Å². The molecule has 0 bridgehead atoms. The first-order valence-corrected chi connectivity index (χ1v) is 9.95. The van der Waals surface area contributed by atoms with Crippen LogP contribution in [-0.2, 0) is 27.9 Å². The van der Waals surface area contributed by atoms with E-state index in [1.54, 1.807) is 0 Å². The van der Waals surface area contributed by atoms with Crippen LogP contribution in [0.15, 0.2) is 34.9 Å². The molecule has 26 heavy (non-hydrogen) atoms. The lowest BCUT2D eigenvalue weighted by atomic mass is 10.2. The van der Waals surface area contributed by atoms with Gasteiger partial charge < -0.3 is 4.42 Å². The Kier molecular flexibility index (Phi) is 5.40. The van der Waals surface area contributed by atoms with Crippen molar-refractivity contribution in [2.45, 2.75) is 37.8 Å². The van der Waals surface area contributed by atoms with Crippen molar-refractivity contribution >= 4 is 9.84 Å². The van der Waals surface area contributed by atoms with Gasteiger partial charge in [-0.05, 0) is 41.1 Å². The smallest absolute Gasteiger partial charge is 0.226 e. The second-order valence-electron chi connectivity index (χ2n) is 5.85. The van der Waals surface area contributed by atoms with Gasteiger partial charge >= 0.3 is 0 Å². The maximum Gasteiger partial charge on any atom is 0.226 e. The molecule has 0 aliphatic heterocycles. The molecule has 0 spiro atoms. The minimum Gasteiger partial charge on any atom is -0.444 e. The number of sulfone groups is 1. The number of aryl methyl sites for hydroxylation is 1. The van der Waals surface area contributed by atoms with E-state index in [0.29, 0.717) is 17.9 Å². The van der Waals surface area contributed by atoms with E-state index in [9.17, 15) is 12.8 Å². The first kappa shape index (κ1) is 18.2. The molecule has 0 radical (unpaired) electrons. The Bertz CT molecular complexity index is 966. The van der Waals surface area contributed by atoms with Crippen LogP contribution in [0.1, 0.15) is 31.3 Å². The predicted molar refractivity (Wildman–Crippen MR) is 90.9 cm³/mol. The number of halogens is 1. The third kappa shape index (κ3) is 4.51. The summed E-state index contributed by atoms with van der Waals surface area (Å²) in [5, 5.41) is 11.2. The molecule has 10 heteroatoms. The molecule has 2 aromatic heterocycles. The summed E-state index contributed by atoms with van der Waals surface area (Å²) in [5.41, 5.74) is 0.843. The minimum atomic E-state index is -3.53. The van der Waals surface area contributed by atoms with Crippen molar-refractivity contribution in [1.29, 1.82) is 0 Å². The van der Waals surface area contributed by atoms with Crippen LogP contribution in [0.2, 0.25) is 0 Å². The van der Waals surface area contributed by atoms with Crippen molar-refractivity contribution in [1.82, 2.24) is 25.2 Å². The van der Waals surface area contributed by atoms with Gasteiger partial charge in [0, 0.05) is 12.1 Å². The Balaban J connectivity index is 1.70. The Morgan fingerprint density at radius 3 is 2.69 bits per heavy atom. The fraction of sp³-hybridized carbons (Fsp3) is 0.375. The van der Waals surface area contributed by atoms with Gasteiger partial charge in [0.2, 0.25) is 5.89 Å². The molecular formula is C16H18FN5O3S. The van der Waals surface area contributed by atoms with Crippen LogP contribution in [-0.4, -0.2) is 33.6 Å². The van der Waals surface area contributed by atoms with Gasteiger partial charge in [0.15, 0.2) is 15.7 Å². The summed E-state index contributed by atoms with van der Waals surface area (Å²) in [5.74, 6) is -0.395. The van der Waals surface area contributed by atoms with E-state index in [1.165, 1.54) is 35.2 Å². The lowest BCUT2D eigenvalue weighted by Crippen LogP contribution is -2.14. The Morgan fingerprint density at radius 1 is 1.19 bits per heavy atom. The van der Waals surface area contributed by atoms with Gasteiger partial charge in [-0.3, -0.25) is 0 Å². The fourth-order valence-corrected chi connectivity index (χ4v) is 3.66. The molecule has 3 aromatic rings. The Morgan fingerprint density at radius 2 is 1.96 bits per heavy atom. The molecule has 138 valence electrons. The van der Waals surface area contributed by atoms with E-state index in [2.05, 4.69) is 20.5 Å². The first-order chi connectivity index (χ1) is 12.5. The lowest BCUT2D eigenvalue weighted by Gasteiger charge is -2.04. The zero-order valence-electron chi connectivity index (χ0n) is 14.2. The van der Waals surface area contributed by atoms with Gasteiger partial charge in [-0.15, -0.1) is 5.10 Å². The summed E-state index contributed by atoms with van der Waals surface area (Å²) in [6, 6.07) is 5.60. The summed E-state index contributed by atoms with van der Waals surface area (Å²) in [4.78, 5) is 4.17. The van der Waals surface area contributed by atoms with E-state index in [0.717, 1.165) is 12.8 Å². The normalized spacial score (nSPS) is 11.8. The van der Waals surface area contributed by atoms with Crippen molar-refractivity contribution in [3.63, 3.8) is 0 Å². The number of nitrogens with zero attached hydrogens (tertiary/aromatic N) is 5. The van der Waals surface area contributed by atoms with Crippen molar-refractivity contribution in [2.75, 3.05) is 0 Å². The molecule has 0 amide bonds. The topological polar surface area (TPSA) is 104 Å². The van der Waals surface area contributed by atoms with Crippen LogP contribution >= 0.6 is 0 Å². The van der Waals surface area contributed by atoms with Gasteiger partial charge in [-0.2, -0.15) is 0 Å². The van der Waals surface area contributed by atoms with Crippen molar-refractivity contribution in [3.05, 3.63) is 47.9 Å². The highest BCUT2D eigenvalue weighted by Gasteiger charge is 2.20. The van der Waals surface area contributed by atoms with Gasteiger partial charge in [0.1, 0.15) is 17.8 Å². The van der Waals surface area contributed by atoms with Crippen molar-refractivity contribution < 1.29 is 17.2 Å². The number of aromatic nitrogens is 5. The maximum absolute atomic E-state index is 13.0. The molecule has 0 aliphatic rings. The van der Waals surface area contributed by atoms with Crippen LogP contribution in [0, 0.1) is 5.82 Å². The quantitative estimate of drug-likeness (QED) is 0.592. The van der Waals surface area contributed by atoms with E-state index in [1.807, 2.05) is 6.92 Å². The van der Waals surface area contributed by atoms with Crippen molar-refractivity contribution in [3.8, 4) is 11.5 Å². The molecule has 0 aliphatic carbocycles. The maximum atomic E-state index is 13.0. The third-order valence-electron chi connectivity index (χ3n) is 3.69. The number of tetrazole rings is 1. The number of benzene rings is 1. The molecule has 0 saturated carbocycles. The largest absolute Gasteiger partial charge is 0.444 e. The van der Waals surface area contributed by atoms with Gasteiger partial charge in [0.05, 0.1) is 11.4 Å². The standard InChI is InChI=1S/C16H18FN5O3S/c1-2-3-8-22-15(19-20-21-22)11-26(23,24)10-14-9-25-16(18-14)12-4-6-13(17)7-5-12/h4-7,9H,2-3,8,10-11H2,1H3. The zero-order chi connectivity index (χ0) is 18.6. The molecule has 0 N–H and O–H groups in total. The van der Waals surface area contributed by atoms with Crippen LogP contribution in [0.4, 0.5) is 4.39 Å². The van der Waals surface area contributed by atoms with E-state index in [4.69, 9.17) is 4.42 Å². The molecule has 0 unspecified atom stereocenters. The third-order valence-corrected chi connectivity index (χ3v) is 5.12. The van der Waals surface area contributed by atoms with Gasteiger partial charge in [0.25, 0.3) is 0 Å². The molecule has 0 atom stereocenters. The monoisotopic (exact) mass is 379 g/mol. The Labute approximate surface area is 150 Å². The highest BCUT2D eigenvalue weighted by Crippen LogP contribution is 2.20.